The highest BCUT2D eigenvalue weighted by Crippen LogP contribution is 2.53. The molecule has 2 saturated heterocycles. The van der Waals surface area contributed by atoms with Crippen LogP contribution in [-0.4, -0.2) is 102 Å². The normalized spacial score (nSPS) is 32.8. The van der Waals surface area contributed by atoms with Crippen LogP contribution in [0.4, 0.5) is 0 Å². The third-order valence-corrected chi connectivity index (χ3v) is 9.64. The van der Waals surface area contributed by atoms with Crippen molar-refractivity contribution in [2.75, 3.05) is 33.4 Å². The summed E-state index contributed by atoms with van der Waals surface area (Å²) in [4.78, 5) is 59.7. The number of nitrogens with zero attached hydrogens (tertiary/aromatic N) is 2. The minimum absolute atomic E-state index is 0.0346. The lowest BCUT2D eigenvalue weighted by atomic mass is 9.77. The molecule has 4 heterocycles. The number of fused-ring (bicyclic) bond motifs is 2. The zero-order chi connectivity index (χ0) is 32.8. The predicted molar refractivity (Wildman–Crippen MR) is 169 cm³/mol. The van der Waals surface area contributed by atoms with E-state index in [9.17, 15) is 24.3 Å². The summed E-state index contributed by atoms with van der Waals surface area (Å²) in [6, 6.07) is 7.43. The first kappa shape index (κ1) is 33.8. The van der Waals surface area contributed by atoms with Crippen molar-refractivity contribution in [1.82, 2.24) is 15.1 Å². The van der Waals surface area contributed by atoms with Crippen LogP contribution in [0.25, 0.3) is 0 Å². The van der Waals surface area contributed by atoms with Crippen molar-refractivity contribution in [2.24, 2.45) is 11.8 Å². The minimum atomic E-state index is -1.39. The fourth-order valence-electron chi connectivity index (χ4n) is 7.51. The van der Waals surface area contributed by atoms with Crippen molar-refractivity contribution in [1.29, 1.82) is 0 Å². The molecule has 2 fully saturated rings. The predicted octanol–water partition coefficient (Wildman–Crippen LogP) is 2.69. The van der Waals surface area contributed by atoms with Crippen molar-refractivity contribution in [3.05, 3.63) is 60.2 Å². The van der Waals surface area contributed by atoms with Crippen LogP contribution in [0.5, 0.6) is 0 Å². The average molecular weight is 638 g/mol. The number of esters is 1. The topological polar surface area (TPSA) is 135 Å². The van der Waals surface area contributed by atoms with Crippen molar-refractivity contribution in [3.8, 4) is 0 Å². The van der Waals surface area contributed by atoms with E-state index in [1.807, 2.05) is 49.4 Å². The number of aliphatic hydroxyl groups excluding tert-OH is 1. The third-order valence-electron chi connectivity index (χ3n) is 9.64. The Morgan fingerprint density at radius 2 is 1.89 bits per heavy atom. The van der Waals surface area contributed by atoms with Gasteiger partial charge in [0, 0.05) is 39.3 Å². The van der Waals surface area contributed by atoms with Crippen LogP contribution >= 0.6 is 0 Å². The number of cyclic esters (lactones) is 1. The molecule has 0 radical (unpaired) electrons. The van der Waals surface area contributed by atoms with Gasteiger partial charge in [-0.3, -0.25) is 19.2 Å². The molecule has 0 aliphatic carbocycles. The molecule has 3 amide bonds. The lowest BCUT2D eigenvalue weighted by Gasteiger charge is -2.37. The molecule has 1 spiro atoms. The Hall–Kier alpha value is -3.54. The number of allylic oxidation sites excluding steroid dienone is 1. The van der Waals surface area contributed by atoms with Gasteiger partial charge >= 0.3 is 5.97 Å². The number of rotatable bonds is 10. The van der Waals surface area contributed by atoms with Gasteiger partial charge in [0.1, 0.15) is 23.7 Å². The fraction of sp³-hybridized carbons (Fsp3) is 0.600. The highest BCUT2D eigenvalue weighted by molar-refractivity contribution is 5.99. The van der Waals surface area contributed by atoms with Crippen LogP contribution < -0.4 is 5.32 Å². The molecule has 0 bridgehead atoms. The molecule has 4 aliphatic heterocycles. The van der Waals surface area contributed by atoms with Crippen LogP contribution in [0, 0.1) is 11.8 Å². The number of methoxy groups -OCH3 is 1. The summed E-state index contributed by atoms with van der Waals surface area (Å²) >= 11 is 0. The molecule has 46 heavy (non-hydrogen) atoms. The lowest BCUT2D eigenvalue weighted by molar-refractivity contribution is -0.162. The van der Waals surface area contributed by atoms with Gasteiger partial charge in [-0.1, -0.05) is 68.0 Å². The van der Waals surface area contributed by atoms with E-state index in [2.05, 4.69) is 12.2 Å². The molecule has 5 rings (SSSR count). The zero-order valence-corrected chi connectivity index (χ0v) is 27.0. The number of nitrogens with one attached hydrogen (secondary N) is 1. The minimum Gasteiger partial charge on any atom is -0.455 e. The number of unbranched alkanes of at least 4 members (excludes halogenated alkanes) is 1. The van der Waals surface area contributed by atoms with Gasteiger partial charge in [0.05, 0.1) is 24.7 Å². The first-order chi connectivity index (χ1) is 22.3. The van der Waals surface area contributed by atoms with Crippen LogP contribution in [0.3, 0.4) is 0 Å². The SMILES string of the molecule is CCCC(C)N1CC=C[C@]23O[C@@H]4/C=C\CCC(=O)N[C@H](COC)[C@@H](c5ccccc5)OC(=O)[C@@H]4[C@H]2C(=O)N(CCCCO)[C@@H]3C1=O. The van der Waals surface area contributed by atoms with Crippen LogP contribution in [0.1, 0.15) is 64.0 Å². The molecule has 8 atom stereocenters. The molecular formula is C35H47N3O8. The van der Waals surface area contributed by atoms with Crippen LogP contribution in [0.2, 0.25) is 0 Å². The van der Waals surface area contributed by atoms with E-state index in [4.69, 9.17) is 14.2 Å². The Morgan fingerprint density at radius 1 is 1.11 bits per heavy atom. The standard InChI is InChI=1S/C35H47N3O8/c1-4-13-23(2)37-20-12-18-35-29(32(41)38(19-10-11-21-39)31(35)33(37)42)28-26(46-35)16-8-9-17-27(40)36-25(22-44-3)30(45-34(28)43)24-14-6-5-7-15-24/h5-8,12,14-16,18,23,25-26,28-31,39H,4,9-11,13,17,19-22H2,1-3H3,(H,36,40)/b16-8-/t23?,25-,26-,28+,29+,30-,31-,35+/m1/s1. The Labute approximate surface area is 270 Å². The van der Waals surface area contributed by atoms with E-state index in [1.165, 1.54) is 7.11 Å². The summed E-state index contributed by atoms with van der Waals surface area (Å²) in [6.07, 6.45) is 8.72. The maximum Gasteiger partial charge on any atom is 0.313 e. The molecule has 1 unspecified atom stereocenters. The van der Waals surface area contributed by atoms with Gasteiger partial charge in [-0.15, -0.1) is 0 Å². The zero-order valence-electron chi connectivity index (χ0n) is 27.0. The van der Waals surface area contributed by atoms with E-state index in [0.29, 0.717) is 31.4 Å². The highest BCUT2D eigenvalue weighted by atomic mass is 16.6. The number of amides is 3. The Kier molecular flexibility index (Phi) is 11.0. The van der Waals surface area contributed by atoms with Gasteiger partial charge < -0.3 is 34.4 Å². The maximum absolute atomic E-state index is 14.5. The molecule has 0 aromatic heterocycles. The molecule has 2 N–H and O–H groups in total. The number of aliphatic hydroxyl groups is 1. The number of likely N-dealkylation sites (tertiary alicyclic amines) is 1. The third kappa shape index (κ3) is 6.50. The molecule has 1 aromatic rings. The second kappa shape index (κ2) is 14.9. The van der Waals surface area contributed by atoms with E-state index in [0.717, 1.165) is 12.8 Å². The summed E-state index contributed by atoms with van der Waals surface area (Å²) in [6.45, 7) is 4.75. The van der Waals surface area contributed by atoms with Gasteiger partial charge in [0.25, 0.3) is 0 Å². The monoisotopic (exact) mass is 637 g/mol. The van der Waals surface area contributed by atoms with E-state index in [1.54, 1.807) is 22.0 Å². The number of benzene rings is 1. The quantitative estimate of drug-likeness (QED) is 0.227. The summed E-state index contributed by atoms with van der Waals surface area (Å²) in [5.74, 6) is -3.46. The molecule has 11 heteroatoms. The van der Waals surface area contributed by atoms with Crippen molar-refractivity contribution in [2.45, 2.75) is 88.3 Å². The van der Waals surface area contributed by atoms with Gasteiger partial charge in [-0.2, -0.15) is 0 Å². The van der Waals surface area contributed by atoms with Crippen molar-refractivity contribution >= 4 is 23.7 Å². The van der Waals surface area contributed by atoms with E-state index >= 15 is 0 Å². The van der Waals surface area contributed by atoms with Crippen molar-refractivity contribution in [3.63, 3.8) is 0 Å². The number of carbonyl (C=O) groups excluding carboxylic acids is 4. The molecule has 250 valence electrons. The second-order valence-electron chi connectivity index (χ2n) is 12.7. The van der Waals surface area contributed by atoms with Gasteiger partial charge in [0.2, 0.25) is 17.7 Å². The first-order valence-electron chi connectivity index (χ1n) is 16.5. The Balaban J connectivity index is 1.59. The molecule has 11 nitrogen and oxygen atoms in total. The number of ether oxygens (including phenoxy) is 3. The summed E-state index contributed by atoms with van der Waals surface area (Å²) < 4.78 is 18.5. The number of hydrogen-bond acceptors (Lipinski definition) is 8. The Morgan fingerprint density at radius 3 is 2.61 bits per heavy atom. The van der Waals surface area contributed by atoms with Crippen LogP contribution in [-0.2, 0) is 33.4 Å². The van der Waals surface area contributed by atoms with Gasteiger partial charge in [-0.05, 0) is 38.2 Å². The average Bonchev–Trinajstić information content (AvgIpc) is 3.42. The number of hydrogen-bond donors (Lipinski definition) is 2. The van der Waals surface area contributed by atoms with Crippen LogP contribution in [0.15, 0.2) is 54.6 Å². The lowest BCUT2D eigenvalue weighted by Crippen LogP contribution is -2.56. The smallest absolute Gasteiger partial charge is 0.313 e. The second-order valence-corrected chi connectivity index (χ2v) is 12.7. The summed E-state index contributed by atoms with van der Waals surface area (Å²) in [7, 11) is 1.52. The fourth-order valence-corrected chi connectivity index (χ4v) is 7.51. The van der Waals surface area contributed by atoms with Crippen molar-refractivity contribution < 1.29 is 38.5 Å². The first-order valence-corrected chi connectivity index (χ1v) is 16.5. The summed E-state index contributed by atoms with van der Waals surface area (Å²) in [5.41, 5.74) is -0.725. The largest absolute Gasteiger partial charge is 0.455 e. The Bertz CT molecular complexity index is 1320. The number of carbonyl (C=O) groups is 4. The van der Waals surface area contributed by atoms with Gasteiger partial charge in [0.15, 0.2) is 0 Å². The highest BCUT2D eigenvalue weighted by Gasteiger charge is 2.71. The van der Waals surface area contributed by atoms with E-state index in [-0.39, 0.29) is 49.9 Å². The maximum atomic E-state index is 14.5. The summed E-state index contributed by atoms with van der Waals surface area (Å²) in [5, 5.41) is 12.5. The molecule has 0 saturated carbocycles. The molecular weight excluding hydrogens is 590 g/mol. The van der Waals surface area contributed by atoms with Gasteiger partial charge in [-0.25, -0.2) is 0 Å². The molecule has 4 aliphatic rings. The van der Waals surface area contributed by atoms with E-state index < -0.39 is 47.7 Å². The molecule has 1 aromatic carbocycles.